The molecule has 1 heterocycles. The lowest BCUT2D eigenvalue weighted by Crippen LogP contribution is -2.15. The second-order valence-corrected chi connectivity index (χ2v) is 5.76. The fourth-order valence-corrected chi connectivity index (χ4v) is 2.80. The van der Waals surface area contributed by atoms with Gasteiger partial charge < -0.3 is 24.3 Å². The van der Waals surface area contributed by atoms with E-state index in [0.717, 1.165) is 0 Å². The van der Waals surface area contributed by atoms with Gasteiger partial charge in [0.25, 0.3) is 0 Å². The topological polar surface area (TPSA) is 108 Å². The van der Waals surface area contributed by atoms with Crippen LogP contribution in [0.5, 0.6) is 17.2 Å². The van der Waals surface area contributed by atoms with E-state index in [-0.39, 0.29) is 12.3 Å². The summed E-state index contributed by atoms with van der Waals surface area (Å²) in [5.41, 5.74) is 1.01. The fraction of sp³-hybridized carbons (Fsp3) is 0.312. The number of amides is 2. The van der Waals surface area contributed by atoms with E-state index >= 15 is 0 Å². The summed E-state index contributed by atoms with van der Waals surface area (Å²) in [5, 5.41) is 7.23. The van der Waals surface area contributed by atoms with Crippen LogP contribution in [0.25, 0.3) is 0 Å². The summed E-state index contributed by atoms with van der Waals surface area (Å²) in [6, 6.07) is 3.26. The highest BCUT2D eigenvalue weighted by Gasteiger charge is 2.15. The van der Waals surface area contributed by atoms with Gasteiger partial charge in [0.15, 0.2) is 16.6 Å². The monoisotopic (exact) mass is 381 g/mol. The summed E-state index contributed by atoms with van der Waals surface area (Å²) >= 11 is 1.20. The first-order valence-electron chi connectivity index (χ1n) is 7.40. The maximum absolute atomic E-state index is 12.3. The van der Waals surface area contributed by atoms with Gasteiger partial charge in [0.2, 0.25) is 11.7 Å². The predicted octanol–water partition coefficient (Wildman–Crippen LogP) is 2.53. The number of aromatic nitrogens is 1. The van der Waals surface area contributed by atoms with Gasteiger partial charge in [-0.05, 0) is 0 Å². The molecule has 2 N–H and O–H groups in total. The third-order valence-electron chi connectivity index (χ3n) is 3.24. The van der Waals surface area contributed by atoms with Crippen LogP contribution in [0.3, 0.4) is 0 Å². The van der Waals surface area contributed by atoms with E-state index in [1.54, 1.807) is 17.5 Å². The second-order valence-electron chi connectivity index (χ2n) is 4.90. The molecule has 1 aromatic heterocycles. The van der Waals surface area contributed by atoms with Crippen molar-refractivity contribution < 1.29 is 28.5 Å². The number of nitrogens with zero attached hydrogens (tertiary/aromatic N) is 1. The van der Waals surface area contributed by atoms with Crippen LogP contribution >= 0.6 is 11.3 Å². The highest BCUT2D eigenvalue weighted by Crippen LogP contribution is 2.39. The lowest BCUT2D eigenvalue weighted by atomic mass is 10.2. The Morgan fingerprint density at radius 2 is 1.69 bits per heavy atom. The van der Waals surface area contributed by atoms with Crippen LogP contribution in [0.1, 0.15) is 5.69 Å². The van der Waals surface area contributed by atoms with Gasteiger partial charge in [-0.15, -0.1) is 11.3 Å². The number of methoxy groups -OCH3 is 4. The average molecular weight is 381 g/mol. The Morgan fingerprint density at radius 3 is 2.23 bits per heavy atom. The molecule has 0 aliphatic carbocycles. The maximum atomic E-state index is 12.3. The first kappa shape index (κ1) is 19.3. The summed E-state index contributed by atoms with van der Waals surface area (Å²) in [6.07, 6.45) is -0.580. The molecule has 0 aliphatic heterocycles. The number of hydrogen-bond acceptors (Lipinski definition) is 8. The maximum Gasteiger partial charge on any atom is 0.413 e. The number of hydrogen-bond donors (Lipinski definition) is 2. The lowest BCUT2D eigenvalue weighted by Gasteiger charge is -2.14. The summed E-state index contributed by atoms with van der Waals surface area (Å²) in [6.45, 7) is 0. The molecule has 0 saturated heterocycles. The first-order valence-corrected chi connectivity index (χ1v) is 8.27. The van der Waals surface area contributed by atoms with Gasteiger partial charge in [-0.1, -0.05) is 0 Å². The highest BCUT2D eigenvalue weighted by molar-refractivity contribution is 7.13. The summed E-state index contributed by atoms with van der Waals surface area (Å²) in [7, 11) is 5.75. The molecule has 1 aromatic carbocycles. The van der Waals surface area contributed by atoms with Gasteiger partial charge in [0.05, 0.1) is 40.6 Å². The minimum atomic E-state index is -0.618. The van der Waals surface area contributed by atoms with Crippen LogP contribution < -0.4 is 24.8 Å². The van der Waals surface area contributed by atoms with Crippen LogP contribution in [0, 0.1) is 0 Å². The number of carbonyl (C=O) groups excluding carboxylic acids is 2. The van der Waals surface area contributed by atoms with Crippen LogP contribution in [0.15, 0.2) is 17.5 Å². The van der Waals surface area contributed by atoms with E-state index in [9.17, 15) is 9.59 Å². The van der Waals surface area contributed by atoms with E-state index in [1.807, 2.05) is 0 Å². The highest BCUT2D eigenvalue weighted by atomic mass is 32.1. The molecule has 140 valence electrons. The number of benzene rings is 1. The Kier molecular flexibility index (Phi) is 6.61. The summed E-state index contributed by atoms with van der Waals surface area (Å²) in [5.74, 6) is 1.01. The molecule has 0 fully saturated rings. The van der Waals surface area contributed by atoms with Crippen molar-refractivity contribution in [1.29, 1.82) is 0 Å². The fourth-order valence-electron chi connectivity index (χ4n) is 2.11. The first-order chi connectivity index (χ1) is 12.5. The molecule has 26 heavy (non-hydrogen) atoms. The van der Waals surface area contributed by atoms with Crippen molar-refractivity contribution in [2.24, 2.45) is 0 Å². The molecule has 0 saturated carbocycles. The van der Waals surface area contributed by atoms with Gasteiger partial charge in [-0.2, -0.15) is 0 Å². The number of nitrogens with one attached hydrogen (secondary N) is 2. The summed E-state index contributed by atoms with van der Waals surface area (Å²) in [4.78, 5) is 27.5. The van der Waals surface area contributed by atoms with Crippen LogP contribution in [-0.4, -0.2) is 45.4 Å². The van der Waals surface area contributed by atoms with Gasteiger partial charge in [-0.25, -0.2) is 9.78 Å². The normalized spacial score (nSPS) is 10.0. The second kappa shape index (κ2) is 8.90. The van der Waals surface area contributed by atoms with Crippen molar-refractivity contribution in [3.05, 3.63) is 23.2 Å². The molecule has 2 amide bonds. The van der Waals surface area contributed by atoms with Crippen molar-refractivity contribution in [1.82, 2.24) is 4.98 Å². The minimum absolute atomic E-state index is 0.0377. The van der Waals surface area contributed by atoms with Crippen molar-refractivity contribution in [2.45, 2.75) is 6.42 Å². The molecule has 0 spiro atoms. The third kappa shape index (κ3) is 4.76. The molecule has 10 heteroatoms. The molecule has 0 radical (unpaired) electrons. The number of thiazole rings is 1. The number of anilines is 2. The average Bonchev–Trinajstić information content (AvgIpc) is 3.06. The quantitative estimate of drug-likeness (QED) is 0.759. The zero-order valence-electron chi connectivity index (χ0n) is 14.7. The smallest absolute Gasteiger partial charge is 0.413 e. The molecule has 0 atom stereocenters. The Morgan fingerprint density at radius 1 is 1.04 bits per heavy atom. The molecule has 2 rings (SSSR count). The van der Waals surface area contributed by atoms with Gasteiger partial charge >= 0.3 is 6.09 Å². The van der Waals surface area contributed by atoms with Crippen molar-refractivity contribution in [3.8, 4) is 17.2 Å². The van der Waals surface area contributed by atoms with E-state index in [4.69, 9.17) is 14.2 Å². The Bertz CT molecular complexity index is 767. The number of ether oxygens (including phenoxy) is 4. The molecule has 0 bridgehead atoms. The van der Waals surface area contributed by atoms with E-state index in [1.165, 1.54) is 39.8 Å². The number of carbonyl (C=O) groups is 2. The molecule has 0 unspecified atom stereocenters. The lowest BCUT2D eigenvalue weighted by molar-refractivity contribution is -0.115. The largest absolute Gasteiger partial charge is 0.493 e. The Hall–Kier alpha value is -3.01. The zero-order chi connectivity index (χ0) is 19.1. The van der Waals surface area contributed by atoms with Crippen molar-refractivity contribution in [2.75, 3.05) is 39.1 Å². The molecule has 9 nitrogen and oxygen atoms in total. The molecule has 2 aromatic rings. The van der Waals surface area contributed by atoms with Gasteiger partial charge in [0, 0.05) is 23.2 Å². The SMILES string of the molecule is COC(=O)Nc1nc(CC(=O)Nc2cc(OC)c(OC)c(OC)c2)cs1. The van der Waals surface area contributed by atoms with Crippen molar-refractivity contribution in [3.63, 3.8) is 0 Å². The van der Waals surface area contributed by atoms with E-state index in [2.05, 4.69) is 20.4 Å². The van der Waals surface area contributed by atoms with E-state index < -0.39 is 6.09 Å². The van der Waals surface area contributed by atoms with E-state index in [0.29, 0.717) is 33.8 Å². The zero-order valence-corrected chi connectivity index (χ0v) is 15.6. The number of rotatable bonds is 7. The minimum Gasteiger partial charge on any atom is -0.493 e. The summed E-state index contributed by atoms with van der Waals surface area (Å²) < 4.78 is 20.2. The van der Waals surface area contributed by atoms with Crippen LogP contribution in [0.2, 0.25) is 0 Å². The molecular weight excluding hydrogens is 362 g/mol. The Balaban J connectivity index is 2.07. The van der Waals surface area contributed by atoms with Crippen LogP contribution in [-0.2, 0) is 16.0 Å². The standard InChI is InChI=1S/C16H19N3O6S/c1-22-11-5-9(6-12(23-2)14(11)24-3)17-13(20)7-10-8-26-15(18-10)19-16(21)25-4/h5-6,8H,7H2,1-4H3,(H,17,20)(H,18,19,21). The Labute approximate surface area is 154 Å². The molecular formula is C16H19N3O6S. The third-order valence-corrected chi connectivity index (χ3v) is 4.04. The van der Waals surface area contributed by atoms with Gasteiger partial charge in [-0.3, -0.25) is 10.1 Å². The molecule has 0 aliphatic rings. The van der Waals surface area contributed by atoms with Crippen molar-refractivity contribution >= 4 is 34.2 Å². The van der Waals surface area contributed by atoms with Crippen LogP contribution in [0.4, 0.5) is 15.6 Å². The van der Waals surface area contributed by atoms with Gasteiger partial charge in [0.1, 0.15) is 0 Å². The predicted molar refractivity (Wildman–Crippen MR) is 96.6 cm³/mol.